The first kappa shape index (κ1) is 25.2. The van der Waals surface area contributed by atoms with Crippen LogP contribution in [0.5, 0.6) is 0 Å². The van der Waals surface area contributed by atoms with Crippen LogP contribution in [0.25, 0.3) is 10.2 Å². The van der Waals surface area contributed by atoms with Crippen molar-refractivity contribution in [2.24, 2.45) is 0 Å². The molecule has 0 atom stereocenters. The zero-order valence-electron chi connectivity index (χ0n) is 19.1. The molecular weight excluding hydrogens is 501 g/mol. The molecule has 0 spiro atoms. The summed E-state index contributed by atoms with van der Waals surface area (Å²) in [7, 11) is 1.34. The van der Waals surface area contributed by atoms with E-state index in [4.69, 9.17) is 9.72 Å². The number of thiophene rings is 1. The minimum atomic E-state index is -4.42. The predicted octanol–water partition coefficient (Wildman–Crippen LogP) is 4.37. The van der Waals surface area contributed by atoms with Gasteiger partial charge in [0.05, 0.1) is 42.5 Å². The maximum atomic E-state index is 12.8. The fourth-order valence-corrected chi connectivity index (χ4v) is 5.41. The summed E-state index contributed by atoms with van der Waals surface area (Å²) < 4.78 is 44.9. The molecule has 12 heteroatoms. The second-order valence-electron chi connectivity index (χ2n) is 7.85. The Labute approximate surface area is 208 Å². The van der Waals surface area contributed by atoms with E-state index in [0.29, 0.717) is 36.9 Å². The van der Waals surface area contributed by atoms with Crippen molar-refractivity contribution < 1.29 is 32.4 Å². The molecule has 1 aromatic carbocycles. The maximum absolute atomic E-state index is 12.8. The standard InChI is InChI=1S/C23H23F3N4O3S2/c1-3-16-12-17-19(27-22(28-20(17)35-16)34-13-18(31)33-2)29-8-10-30(11-9-29)21(32)14-4-6-15(7-5-14)23(24,25)26/h4-7,12H,3,8-11,13H2,1-2H3/p+1. The van der Waals surface area contributed by atoms with E-state index in [1.54, 1.807) is 15.9 Å². The quantitative estimate of drug-likeness (QED) is 0.168. The van der Waals surface area contributed by atoms with Gasteiger partial charge < -0.3 is 14.7 Å². The van der Waals surface area contributed by atoms with E-state index in [9.17, 15) is 23.1 Å². The minimum Gasteiger partial charge on any atom is -0.468 e. The van der Waals surface area contributed by atoms with E-state index in [0.717, 1.165) is 34.6 Å². The van der Waals surface area contributed by atoms with Crippen LogP contribution >= 0.6 is 23.1 Å². The number of carbonyl (C=O) groups is 1. The smallest absolute Gasteiger partial charge is 0.416 e. The summed E-state index contributed by atoms with van der Waals surface area (Å²) in [5, 5.41) is 12.1. The van der Waals surface area contributed by atoms with Gasteiger partial charge in [0.1, 0.15) is 10.6 Å². The first-order chi connectivity index (χ1) is 16.7. The van der Waals surface area contributed by atoms with Crippen LogP contribution in [-0.2, 0) is 22.1 Å². The van der Waals surface area contributed by atoms with Crippen LogP contribution in [0.4, 0.5) is 19.0 Å². The van der Waals surface area contributed by atoms with E-state index in [2.05, 4.69) is 22.9 Å². The molecule has 1 N–H and O–H groups in total. The first-order valence-corrected chi connectivity index (χ1v) is 12.7. The number of esters is 1. The molecule has 1 aliphatic rings. The number of rotatable bonds is 6. The van der Waals surface area contributed by atoms with Crippen molar-refractivity contribution in [3.63, 3.8) is 0 Å². The zero-order chi connectivity index (χ0) is 25.2. The van der Waals surface area contributed by atoms with Gasteiger partial charge in [-0.25, -0.2) is 9.97 Å². The van der Waals surface area contributed by atoms with Gasteiger partial charge in [-0.3, -0.25) is 4.79 Å². The molecule has 1 aliphatic heterocycles. The normalized spacial score (nSPS) is 14.4. The number of aliphatic hydroxyl groups excluding tert-OH is 1. The summed E-state index contributed by atoms with van der Waals surface area (Å²) in [6.07, 6.45) is -3.55. The van der Waals surface area contributed by atoms with Crippen molar-refractivity contribution in [3.8, 4) is 0 Å². The van der Waals surface area contributed by atoms with Gasteiger partial charge in [-0.1, -0.05) is 18.7 Å². The average Bonchev–Trinajstić information content (AvgIpc) is 3.29. The molecule has 0 unspecified atom stereocenters. The largest absolute Gasteiger partial charge is 0.468 e. The highest BCUT2D eigenvalue weighted by molar-refractivity contribution is 7.99. The van der Waals surface area contributed by atoms with E-state index < -0.39 is 11.7 Å². The summed E-state index contributed by atoms with van der Waals surface area (Å²) in [4.78, 5) is 25.0. The summed E-state index contributed by atoms with van der Waals surface area (Å²) in [5.41, 5.74) is -0.419. The number of aliphatic hydroxyl groups is 1. The van der Waals surface area contributed by atoms with E-state index in [1.807, 2.05) is 0 Å². The third kappa shape index (κ3) is 5.69. The summed E-state index contributed by atoms with van der Waals surface area (Å²) >= 11 is 2.81. The van der Waals surface area contributed by atoms with Crippen LogP contribution in [-0.4, -0.2) is 70.6 Å². The second kappa shape index (κ2) is 10.4. The summed E-state index contributed by atoms with van der Waals surface area (Å²) in [6, 6.07) is 6.58. The molecule has 1 fully saturated rings. The number of nitrogens with zero attached hydrogens (tertiary/aromatic N) is 4. The lowest BCUT2D eigenvalue weighted by atomic mass is 10.1. The van der Waals surface area contributed by atoms with Crippen molar-refractivity contribution in [1.29, 1.82) is 0 Å². The molecule has 186 valence electrons. The Morgan fingerprint density at radius 2 is 1.91 bits per heavy atom. The Morgan fingerprint density at radius 3 is 2.51 bits per heavy atom. The molecule has 2 aromatic heterocycles. The number of halogens is 3. The van der Waals surface area contributed by atoms with E-state index in [-0.39, 0.29) is 17.6 Å². The number of aromatic nitrogens is 2. The number of aryl methyl sites for hydroxylation is 1. The molecule has 3 heterocycles. The van der Waals surface area contributed by atoms with Crippen molar-refractivity contribution >= 4 is 51.0 Å². The highest BCUT2D eigenvalue weighted by atomic mass is 32.2. The summed E-state index contributed by atoms with van der Waals surface area (Å²) in [6.45, 7) is 4.11. The molecule has 0 saturated carbocycles. The third-order valence-corrected chi connectivity index (χ3v) is 7.64. The molecule has 0 aliphatic carbocycles. The molecule has 0 radical (unpaired) electrons. The molecule has 35 heavy (non-hydrogen) atoms. The fourth-order valence-electron chi connectivity index (χ4n) is 3.72. The van der Waals surface area contributed by atoms with Crippen molar-refractivity contribution in [2.75, 3.05) is 43.9 Å². The Kier molecular flexibility index (Phi) is 7.50. The number of hydrogen-bond donors (Lipinski definition) is 1. The van der Waals surface area contributed by atoms with Gasteiger partial charge in [-0.05, 0) is 36.8 Å². The van der Waals surface area contributed by atoms with Crippen molar-refractivity contribution in [1.82, 2.24) is 9.97 Å². The van der Waals surface area contributed by atoms with Crippen molar-refractivity contribution in [2.45, 2.75) is 24.7 Å². The van der Waals surface area contributed by atoms with Gasteiger partial charge in [0.25, 0.3) is 0 Å². The molecule has 0 bridgehead atoms. The Balaban J connectivity index is 1.56. The summed E-state index contributed by atoms with van der Waals surface area (Å²) in [5.74, 6) is 0.469. The Morgan fingerprint density at radius 1 is 1.23 bits per heavy atom. The topological polar surface area (TPSA) is 78.6 Å². The molecule has 1 saturated heterocycles. The van der Waals surface area contributed by atoms with Crippen LogP contribution in [0.15, 0.2) is 35.5 Å². The van der Waals surface area contributed by atoms with Gasteiger partial charge in [0.15, 0.2) is 18.2 Å². The van der Waals surface area contributed by atoms with Crippen LogP contribution < -0.4 is 4.90 Å². The number of carbonyl (C=O) groups excluding carboxylic acids is 1. The van der Waals surface area contributed by atoms with Gasteiger partial charge in [0, 0.05) is 4.88 Å². The lowest BCUT2D eigenvalue weighted by Crippen LogP contribution is -2.44. The monoisotopic (exact) mass is 525 g/mol. The maximum Gasteiger partial charge on any atom is 0.416 e. The molecule has 0 amide bonds. The van der Waals surface area contributed by atoms with Gasteiger partial charge in [-0.2, -0.15) is 17.7 Å². The number of fused-ring (bicyclic) bond motifs is 1. The van der Waals surface area contributed by atoms with Crippen LogP contribution in [0.3, 0.4) is 0 Å². The number of ether oxygens (including phenoxy) is 1. The van der Waals surface area contributed by atoms with E-state index >= 15 is 0 Å². The lowest BCUT2D eigenvalue weighted by Gasteiger charge is -2.27. The Bertz CT molecular complexity index is 1250. The SMILES string of the molecule is CCc1cc2c(N3CC[N+](=C(O)c4ccc(C(F)(F)F)cc4)CC3)nc(SCC(=O)OC)nc2s1. The first-order valence-electron chi connectivity index (χ1n) is 10.9. The number of anilines is 1. The van der Waals surface area contributed by atoms with Crippen molar-refractivity contribution in [3.05, 3.63) is 46.3 Å². The molecule has 4 rings (SSSR count). The van der Waals surface area contributed by atoms with Crippen LogP contribution in [0, 0.1) is 0 Å². The van der Waals surface area contributed by atoms with Gasteiger partial charge in [0.2, 0.25) is 0 Å². The zero-order valence-corrected chi connectivity index (χ0v) is 20.8. The molecular formula is C23H24F3N4O3S2+. The van der Waals surface area contributed by atoms with Gasteiger partial charge >= 0.3 is 18.0 Å². The van der Waals surface area contributed by atoms with Crippen LogP contribution in [0.1, 0.15) is 22.9 Å². The van der Waals surface area contributed by atoms with Crippen LogP contribution in [0.2, 0.25) is 0 Å². The number of hydrogen-bond acceptors (Lipinski definition) is 7. The van der Waals surface area contributed by atoms with Gasteiger partial charge in [-0.15, -0.1) is 11.3 Å². The average molecular weight is 526 g/mol. The molecule has 3 aromatic rings. The number of methoxy groups -OCH3 is 1. The minimum absolute atomic E-state index is 0.0515. The number of thioether (sulfide) groups is 1. The number of alkyl halides is 3. The predicted molar refractivity (Wildman–Crippen MR) is 130 cm³/mol. The second-order valence-corrected chi connectivity index (χ2v) is 9.91. The Hall–Kier alpha value is -2.86. The number of benzene rings is 1. The number of piperazine rings is 1. The van der Waals surface area contributed by atoms with E-state index in [1.165, 1.54) is 35.9 Å². The lowest BCUT2D eigenvalue weighted by molar-refractivity contribution is -0.536. The highest BCUT2D eigenvalue weighted by Crippen LogP contribution is 2.34. The fraction of sp³-hybridized carbons (Fsp3) is 0.391. The highest BCUT2D eigenvalue weighted by Gasteiger charge is 2.31. The third-order valence-electron chi connectivity index (χ3n) is 5.65. The molecule has 7 nitrogen and oxygen atoms in total.